The summed E-state index contributed by atoms with van der Waals surface area (Å²) in [5.41, 5.74) is 0.501. The van der Waals surface area contributed by atoms with Crippen LogP contribution in [0.3, 0.4) is 0 Å². The van der Waals surface area contributed by atoms with Crippen LogP contribution in [0.1, 0.15) is 31.7 Å². The minimum Gasteiger partial charge on any atom is -0.481 e. The summed E-state index contributed by atoms with van der Waals surface area (Å²) < 4.78 is 13.6. The second kappa shape index (κ2) is 6.70. The molecule has 0 spiro atoms. The van der Waals surface area contributed by atoms with Crippen LogP contribution >= 0.6 is 0 Å². The molecule has 2 rings (SSSR count). The number of benzene rings is 1. The number of carboxylic acid groups (broad SMARTS) is 1. The molecule has 5 heteroatoms. The summed E-state index contributed by atoms with van der Waals surface area (Å²) in [5, 5.41) is 11.9. The van der Waals surface area contributed by atoms with Gasteiger partial charge in [-0.05, 0) is 30.9 Å². The van der Waals surface area contributed by atoms with Crippen molar-refractivity contribution in [3.8, 4) is 0 Å². The maximum atomic E-state index is 13.6. The molecule has 0 aliphatic heterocycles. The molecule has 21 heavy (non-hydrogen) atoms. The first-order valence-electron chi connectivity index (χ1n) is 7.25. The Morgan fingerprint density at radius 1 is 1.38 bits per heavy atom. The van der Waals surface area contributed by atoms with Crippen molar-refractivity contribution in [3.63, 3.8) is 0 Å². The third kappa shape index (κ3) is 3.80. The van der Waals surface area contributed by atoms with Crippen molar-refractivity contribution in [2.75, 3.05) is 0 Å². The van der Waals surface area contributed by atoms with Gasteiger partial charge in [0.25, 0.3) is 0 Å². The molecule has 1 aliphatic rings. The van der Waals surface area contributed by atoms with Crippen LogP contribution in [0.25, 0.3) is 0 Å². The fraction of sp³-hybridized carbons (Fsp3) is 0.500. The van der Waals surface area contributed by atoms with E-state index in [2.05, 4.69) is 5.32 Å². The van der Waals surface area contributed by atoms with Crippen LogP contribution in [-0.2, 0) is 16.0 Å². The Kier molecular flexibility index (Phi) is 4.94. The molecule has 3 atom stereocenters. The molecular formula is C16H20FNO3. The summed E-state index contributed by atoms with van der Waals surface area (Å²) in [7, 11) is 0. The average Bonchev–Trinajstić information content (AvgIpc) is 2.89. The molecule has 1 fully saturated rings. The molecule has 1 aromatic rings. The number of rotatable bonds is 5. The topological polar surface area (TPSA) is 66.4 Å². The molecule has 3 unspecified atom stereocenters. The lowest BCUT2D eigenvalue weighted by Crippen LogP contribution is -2.42. The van der Waals surface area contributed by atoms with Crippen LogP contribution in [0.15, 0.2) is 24.3 Å². The first-order valence-corrected chi connectivity index (χ1v) is 7.25. The molecule has 4 nitrogen and oxygen atoms in total. The number of carbonyl (C=O) groups is 2. The van der Waals surface area contributed by atoms with E-state index in [0.717, 1.165) is 6.42 Å². The first-order chi connectivity index (χ1) is 9.99. The van der Waals surface area contributed by atoms with Crippen molar-refractivity contribution in [1.82, 2.24) is 5.32 Å². The van der Waals surface area contributed by atoms with E-state index < -0.39 is 17.8 Å². The Morgan fingerprint density at radius 3 is 2.76 bits per heavy atom. The number of hydrogen-bond acceptors (Lipinski definition) is 2. The Hall–Kier alpha value is -1.91. The number of nitrogens with one attached hydrogen (secondary N) is 1. The van der Waals surface area contributed by atoms with Gasteiger partial charge in [0.2, 0.25) is 5.91 Å². The number of aliphatic carboxylic acids is 1. The minimum atomic E-state index is -0.862. The van der Waals surface area contributed by atoms with Crippen LogP contribution in [-0.4, -0.2) is 23.0 Å². The molecule has 0 radical (unpaired) electrons. The third-order valence-corrected chi connectivity index (χ3v) is 4.09. The van der Waals surface area contributed by atoms with Gasteiger partial charge in [0.05, 0.1) is 5.92 Å². The highest BCUT2D eigenvalue weighted by Crippen LogP contribution is 2.26. The van der Waals surface area contributed by atoms with Crippen molar-refractivity contribution in [3.05, 3.63) is 35.6 Å². The number of hydrogen-bond donors (Lipinski definition) is 2. The quantitative estimate of drug-likeness (QED) is 0.876. The molecule has 1 aliphatic carbocycles. The van der Waals surface area contributed by atoms with Crippen LogP contribution in [0.4, 0.5) is 4.39 Å². The minimum absolute atomic E-state index is 0.212. The van der Waals surface area contributed by atoms with Gasteiger partial charge in [-0.25, -0.2) is 4.39 Å². The number of halogens is 1. The van der Waals surface area contributed by atoms with Crippen molar-refractivity contribution in [2.24, 2.45) is 11.8 Å². The smallest absolute Gasteiger partial charge is 0.308 e. The van der Waals surface area contributed by atoms with E-state index in [0.29, 0.717) is 24.8 Å². The van der Waals surface area contributed by atoms with E-state index in [1.165, 1.54) is 6.07 Å². The van der Waals surface area contributed by atoms with Gasteiger partial charge in [0.1, 0.15) is 5.82 Å². The summed E-state index contributed by atoms with van der Waals surface area (Å²) >= 11 is 0. The molecule has 1 amide bonds. The van der Waals surface area contributed by atoms with E-state index in [-0.39, 0.29) is 17.8 Å². The predicted molar refractivity (Wildman–Crippen MR) is 76.2 cm³/mol. The Morgan fingerprint density at radius 2 is 2.10 bits per heavy atom. The van der Waals surface area contributed by atoms with Gasteiger partial charge in [0.15, 0.2) is 0 Å². The van der Waals surface area contributed by atoms with Gasteiger partial charge in [-0.1, -0.05) is 31.5 Å². The largest absolute Gasteiger partial charge is 0.481 e. The number of amides is 1. The van der Waals surface area contributed by atoms with Gasteiger partial charge in [-0.3, -0.25) is 9.59 Å². The van der Waals surface area contributed by atoms with Crippen molar-refractivity contribution in [1.29, 1.82) is 0 Å². The SMILES string of the molecule is CC(Cc1ccccc1F)C(=O)NC1CCCC1C(=O)O. The Balaban J connectivity index is 1.94. The maximum absolute atomic E-state index is 13.6. The third-order valence-electron chi connectivity index (χ3n) is 4.09. The highest BCUT2D eigenvalue weighted by molar-refractivity contribution is 5.80. The standard InChI is InChI=1S/C16H20FNO3/c1-10(9-11-5-2-3-7-13(11)17)15(19)18-14-8-4-6-12(14)16(20)21/h2-3,5,7,10,12,14H,4,6,8-9H2,1H3,(H,18,19)(H,20,21). The molecule has 0 saturated heterocycles. The fourth-order valence-corrected chi connectivity index (χ4v) is 2.84. The van der Waals surface area contributed by atoms with Crippen LogP contribution in [0, 0.1) is 17.7 Å². The van der Waals surface area contributed by atoms with Gasteiger partial charge >= 0.3 is 5.97 Å². The summed E-state index contributed by atoms with van der Waals surface area (Å²) in [5.74, 6) is -2.29. The molecule has 114 valence electrons. The zero-order chi connectivity index (χ0) is 15.4. The van der Waals surface area contributed by atoms with Crippen molar-refractivity contribution >= 4 is 11.9 Å². The first kappa shape index (κ1) is 15.5. The summed E-state index contributed by atoms with van der Waals surface area (Å²) in [6.45, 7) is 1.73. The van der Waals surface area contributed by atoms with E-state index in [1.807, 2.05) is 0 Å². The Bertz CT molecular complexity index is 532. The molecule has 0 heterocycles. The monoisotopic (exact) mass is 293 g/mol. The number of carboxylic acids is 1. The van der Waals surface area contributed by atoms with Crippen molar-refractivity contribution < 1.29 is 19.1 Å². The molecule has 0 aromatic heterocycles. The number of carbonyl (C=O) groups excluding carboxylic acids is 1. The lowest BCUT2D eigenvalue weighted by molar-refractivity contribution is -0.142. The van der Waals surface area contributed by atoms with Crippen LogP contribution in [0.2, 0.25) is 0 Å². The van der Waals surface area contributed by atoms with Gasteiger partial charge in [0, 0.05) is 12.0 Å². The van der Waals surface area contributed by atoms with E-state index in [1.54, 1.807) is 25.1 Å². The fourth-order valence-electron chi connectivity index (χ4n) is 2.84. The summed E-state index contributed by atoms with van der Waals surface area (Å²) in [6, 6.07) is 6.07. The maximum Gasteiger partial charge on any atom is 0.308 e. The zero-order valence-electron chi connectivity index (χ0n) is 12.0. The van der Waals surface area contributed by atoms with Gasteiger partial charge < -0.3 is 10.4 Å². The Labute approximate surface area is 123 Å². The zero-order valence-corrected chi connectivity index (χ0v) is 12.0. The lowest BCUT2D eigenvalue weighted by Gasteiger charge is -2.20. The van der Waals surface area contributed by atoms with Crippen LogP contribution < -0.4 is 5.32 Å². The second-order valence-electron chi connectivity index (χ2n) is 5.69. The average molecular weight is 293 g/mol. The molecular weight excluding hydrogens is 273 g/mol. The van der Waals surface area contributed by atoms with Gasteiger partial charge in [-0.2, -0.15) is 0 Å². The van der Waals surface area contributed by atoms with Crippen molar-refractivity contribution in [2.45, 2.75) is 38.6 Å². The van der Waals surface area contributed by atoms with E-state index in [4.69, 9.17) is 5.11 Å². The normalized spacial score (nSPS) is 22.8. The lowest BCUT2D eigenvalue weighted by atomic mass is 9.98. The highest BCUT2D eigenvalue weighted by atomic mass is 19.1. The molecule has 0 bridgehead atoms. The summed E-state index contributed by atoms with van der Waals surface area (Å²) in [4.78, 5) is 23.3. The van der Waals surface area contributed by atoms with Crippen LogP contribution in [0.5, 0.6) is 0 Å². The molecule has 1 saturated carbocycles. The molecule has 1 aromatic carbocycles. The predicted octanol–water partition coefficient (Wildman–Crippen LogP) is 2.37. The van der Waals surface area contributed by atoms with E-state index >= 15 is 0 Å². The van der Waals surface area contributed by atoms with Gasteiger partial charge in [-0.15, -0.1) is 0 Å². The highest BCUT2D eigenvalue weighted by Gasteiger charge is 2.34. The van der Waals surface area contributed by atoms with E-state index in [9.17, 15) is 14.0 Å². The second-order valence-corrected chi connectivity index (χ2v) is 5.69. The molecule has 2 N–H and O–H groups in total. The summed E-state index contributed by atoms with van der Waals surface area (Å²) in [6.07, 6.45) is 2.41.